The Morgan fingerprint density at radius 3 is 2.08 bits per heavy atom. The Hall–Kier alpha value is -0.280. The van der Waals surface area contributed by atoms with Crippen LogP contribution < -0.4 is 11.5 Å². The third kappa shape index (κ3) is 5.38. The molecule has 4 heteroatoms. The van der Waals surface area contributed by atoms with Crippen LogP contribution in [0.3, 0.4) is 0 Å². The molecule has 0 aromatic heterocycles. The van der Waals surface area contributed by atoms with Crippen LogP contribution in [0.1, 0.15) is 33.1 Å². The topological polar surface area (TPSA) is 69.1 Å². The van der Waals surface area contributed by atoms with Gasteiger partial charge in [-0.3, -0.25) is 4.79 Å². The van der Waals surface area contributed by atoms with Crippen LogP contribution in [0, 0.1) is 5.92 Å². The lowest BCUT2D eigenvalue weighted by Gasteiger charge is -2.14. The SMILES string of the molecule is CCC(N)CC(CC)C(N)=O.Cl. The van der Waals surface area contributed by atoms with Crippen molar-refractivity contribution in [2.24, 2.45) is 17.4 Å². The van der Waals surface area contributed by atoms with Crippen molar-refractivity contribution in [1.29, 1.82) is 0 Å². The van der Waals surface area contributed by atoms with Crippen LogP contribution in [0.2, 0.25) is 0 Å². The van der Waals surface area contributed by atoms with Crippen LogP contribution in [0.5, 0.6) is 0 Å². The van der Waals surface area contributed by atoms with Gasteiger partial charge in [0.2, 0.25) is 5.91 Å². The number of hydrogen-bond donors (Lipinski definition) is 2. The fourth-order valence-electron chi connectivity index (χ4n) is 1.02. The number of amides is 1. The number of carbonyl (C=O) groups excluding carboxylic acids is 1. The Labute approximate surface area is 80.3 Å². The number of carbonyl (C=O) groups is 1. The van der Waals surface area contributed by atoms with E-state index in [4.69, 9.17) is 11.5 Å². The Bertz CT molecular complexity index is 130. The van der Waals surface area contributed by atoms with E-state index in [1.807, 2.05) is 13.8 Å². The summed E-state index contributed by atoms with van der Waals surface area (Å²) in [4.78, 5) is 10.7. The number of nitrogens with two attached hydrogens (primary N) is 2. The van der Waals surface area contributed by atoms with Gasteiger partial charge in [0.05, 0.1) is 0 Å². The van der Waals surface area contributed by atoms with Crippen LogP contribution >= 0.6 is 12.4 Å². The lowest BCUT2D eigenvalue weighted by molar-refractivity contribution is -0.122. The average Bonchev–Trinajstić information content (AvgIpc) is 1.99. The lowest BCUT2D eigenvalue weighted by Crippen LogP contribution is -2.30. The molecular formula is C8H19ClN2O. The van der Waals surface area contributed by atoms with E-state index in [-0.39, 0.29) is 30.3 Å². The first-order valence-electron chi connectivity index (χ1n) is 4.16. The van der Waals surface area contributed by atoms with Crippen molar-refractivity contribution in [3.8, 4) is 0 Å². The van der Waals surface area contributed by atoms with Gasteiger partial charge in [0.1, 0.15) is 0 Å². The maximum Gasteiger partial charge on any atom is 0.220 e. The molecule has 0 aliphatic carbocycles. The highest BCUT2D eigenvalue weighted by atomic mass is 35.5. The predicted molar refractivity (Wildman–Crippen MR) is 53.1 cm³/mol. The molecule has 0 radical (unpaired) electrons. The molecule has 2 atom stereocenters. The quantitative estimate of drug-likeness (QED) is 0.687. The van der Waals surface area contributed by atoms with E-state index in [1.54, 1.807) is 0 Å². The minimum absolute atomic E-state index is 0. The molecule has 0 heterocycles. The Morgan fingerprint density at radius 1 is 1.33 bits per heavy atom. The molecule has 2 unspecified atom stereocenters. The molecule has 0 aliphatic rings. The number of hydrogen-bond acceptors (Lipinski definition) is 2. The van der Waals surface area contributed by atoms with Gasteiger partial charge < -0.3 is 11.5 Å². The predicted octanol–water partition coefficient (Wildman–Crippen LogP) is 1.05. The summed E-state index contributed by atoms with van der Waals surface area (Å²) in [5, 5.41) is 0. The molecule has 0 aliphatic heterocycles. The smallest absolute Gasteiger partial charge is 0.220 e. The molecule has 3 nitrogen and oxygen atoms in total. The zero-order valence-electron chi connectivity index (χ0n) is 7.75. The van der Waals surface area contributed by atoms with Crippen molar-refractivity contribution < 1.29 is 4.79 Å². The van der Waals surface area contributed by atoms with Crippen LogP contribution in [-0.2, 0) is 4.79 Å². The van der Waals surface area contributed by atoms with E-state index >= 15 is 0 Å². The average molecular weight is 195 g/mol. The summed E-state index contributed by atoms with van der Waals surface area (Å²) >= 11 is 0. The van der Waals surface area contributed by atoms with Crippen molar-refractivity contribution in [3.63, 3.8) is 0 Å². The molecule has 0 rings (SSSR count). The molecule has 0 saturated heterocycles. The molecule has 0 saturated carbocycles. The van der Waals surface area contributed by atoms with Gasteiger partial charge in [0, 0.05) is 12.0 Å². The maximum atomic E-state index is 10.7. The molecule has 0 aromatic rings. The van der Waals surface area contributed by atoms with Gasteiger partial charge in [-0.15, -0.1) is 12.4 Å². The molecule has 0 fully saturated rings. The molecular weight excluding hydrogens is 176 g/mol. The van der Waals surface area contributed by atoms with Gasteiger partial charge in [-0.2, -0.15) is 0 Å². The van der Waals surface area contributed by atoms with E-state index in [1.165, 1.54) is 0 Å². The van der Waals surface area contributed by atoms with Crippen LogP contribution in [0.25, 0.3) is 0 Å². The first-order chi connectivity index (χ1) is 5.11. The molecule has 0 bridgehead atoms. The Kier molecular flexibility index (Phi) is 8.76. The van der Waals surface area contributed by atoms with Gasteiger partial charge in [-0.25, -0.2) is 0 Å². The first kappa shape index (κ1) is 14.3. The van der Waals surface area contributed by atoms with Crippen LogP contribution in [-0.4, -0.2) is 11.9 Å². The molecule has 1 amide bonds. The third-order valence-electron chi connectivity index (χ3n) is 2.01. The Morgan fingerprint density at radius 2 is 1.83 bits per heavy atom. The van der Waals surface area contributed by atoms with Gasteiger partial charge >= 0.3 is 0 Å². The van der Waals surface area contributed by atoms with E-state index < -0.39 is 0 Å². The second-order valence-corrected chi connectivity index (χ2v) is 2.91. The molecule has 12 heavy (non-hydrogen) atoms. The highest BCUT2D eigenvalue weighted by Crippen LogP contribution is 2.10. The zero-order chi connectivity index (χ0) is 8.85. The highest BCUT2D eigenvalue weighted by molar-refractivity contribution is 5.85. The van der Waals surface area contributed by atoms with Crippen molar-refractivity contribution in [2.75, 3.05) is 0 Å². The van der Waals surface area contributed by atoms with Gasteiger partial charge in [0.15, 0.2) is 0 Å². The highest BCUT2D eigenvalue weighted by Gasteiger charge is 2.15. The van der Waals surface area contributed by atoms with Crippen molar-refractivity contribution in [2.45, 2.75) is 39.2 Å². The van der Waals surface area contributed by atoms with Crippen molar-refractivity contribution in [3.05, 3.63) is 0 Å². The summed E-state index contributed by atoms with van der Waals surface area (Å²) in [5.74, 6) is -0.263. The molecule has 0 spiro atoms. The zero-order valence-corrected chi connectivity index (χ0v) is 8.56. The Balaban J connectivity index is 0. The summed E-state index contributed by atoms with van der Waals surface area (Å²) in [7, 11) is 0. The monoisotopic (exact) mass is 194 g/mol. The van der Waals surface area contributed by atoms with Gasteiger partial charge in [-0.1, -0.05) is 13.8 Å². The van der Waals surface area contributed by atoms with Crippen LogP contribution in [0.15, 0.2) is 0 Å². The fourth-order valence-corrected chi connectivity index (χ4v) is 1.02. The van der Waals surface area contributed by atoms with Gasteiger partial charge in [0.25, 0.3) is 0 Å². The van der Waals surface area contributed by atoms with Crippen LogP contribution in [0.4, 0.5) is 0 Å². The second-order valence-electron chi connectivity index (χ2n) is 2.91. The van der Waals surface area contributed by atoms with Crippen molar-refractivity contribution >= 4 is 18.3 Å². The summed E-state index contributed by atoms with van der Waals surface area (Å²) in [5.41, 5.74) is 10.8. The molecule has 74 valence electrons. The summed E-state index contributed by atoms with van der Waals surface area (Å²) < 4.78 is 0. The molecule has 4 N–H and O–H groups in total. The lowest BCUT2D eigenvalue weighted by atomic mass is 9.96. The second kappa shape index (κ2) is 7.37. The fraction of sp³-hybridized carbons (Fsp3) is 0.875. The minimum atomic E-state index is -0.226. The largest absolute Gasteiger partial charge is 0.369 e. The van der Waals surface area contributed by atoms with E-state index in [2.05, 4.69) is 0 Å². The molecule has 0 aromatic carbocycles. The summed E-state index contributed by atoms with van der Waals surface area (Å²) in [6, 6.07) is 0.118. The summed E-state index contributed by atoms with van der Waals surface area (Å²) in [6.45, 7) is 3.97. The minimum Gasteiger partial charge on any atom is -0.369 e. The van der Waals surface area contributed by atoms with Gasteiger partial charge in [-0.05, 0) is 19.3 Å². The van der Waals surface area contributed by atoms with E-state index in [0.29, 0.717) is 0 Å². The maximum absolute atomic E-state index is 10.7. The first-order valence-corrected chi connectivity index (χ1v) is 4.16. The number of halogens is 1. The number of primary amides is 1. The normalized spacial score (nSPS) is 14.6. The van der Waals surface area contributed by atoms with Crippen molar-refractivity contribution in [1.82, 2.24) is 0 Å². The third-order valence-corrected chi connectivity index (χ3v) is 2.01. The van der Waals surface area contributed by atoms with E-state index in [0.717, 1.165) is 19.3 Å². The van der Waals surface area contributed by atoms with E-state index in [9.17, 15) is 4.79 Å². The standard InChI is InChI=1S/C8H18N2O.ClH/c1-3-6(8(10)11)5-7(9)4-2;/h6-7H,3-5,9H2,1-2H3,(H2,10,11);1H. The number of rotatable bonds is 5. The summed E-state index contributed by atoms with van der Waals surface area (Å²) in [6.07, 6.45) is 2.43.